The maximum absolute atomic E-state index is 11.9. The Hall–Kier alpha value is -1.14. The lowest BCUT2D eigenvalue weighted by Crippen LogP contribution is -2.27. The molecule has 4 nitrogen and oxygen atoms in total. The van der Waals surface area contributed by atoms with Gasteiger partial charge < -0.3 is 11.1 Å². The number of nitrogens with zero attached hydrogens (tertiary/aromatic N) is 1. The van der Waals surface area contributed by atoms with Gasteiger partial charge in [-0.1, -0.05) is 44.2 Å². The number of thiazole rings is 1. The first kappa shape index (κ1) is 21.9. The van der Waals surface area contributed by atoms with Gasteiger partial charge in [0.25, 0.3) is 0 Å². The SMILES string of the molecule is CC(C)c1csc(CNC(=O)CC(N)c2ccccc2)n1.Cl.Cl. The largest absolute Gasteiger partial charge is 0.350 e. The number of aromatic nitrogens is 1. The Morgan fingerprint density at radius 3 is 2.48 bits per heavy atom. The van der Waals surface area contributed by atoms with Crippen LogP contribution in [0.1, 0.15) is 48.5 Å². The molecule has 1 aromatic carbocycles. The van der Waals surface area contributed by atoms with Crippen LogP contribution in [0.25, 0.3) is 0 Å². The van der Waals surface area contributed by atoms with Gasteiger partial charge in [0, 0.05) is 17.8 Å². The third-order valence-corrected chi connectivity index (χ3v) is 4.10. The number of nitrogens with one attached hydrogen (secondary N) is 1. The first-order valence-corrected chi connectivity index (χ1v) is 7.95. The highest BCUT2D eigenvalue weighted by molar-refractivity contribution is 7.09. The molecule has 7 heteroatoms. The number of hydrogen-bond donors (Lipinski definition) is 2. The monoisotopic (exact) mass is 375 g/mol. The smallest absolute Gasteiger partial charge is 0.222 e. The van der Waals surface area contributed by atoms with Crippen molar-refractivity contribution in [3.63, 3.8) is 0 Å². The highest BCUT2D eigenvalue weighted by Gasteiger charge is 2.12. The number of hydrogen-bond acceptors (Lipinski definition) is 4. The van der Waals surface area contributed by atoms with Crippen molar-refractivity contribution in [2.75, 3.05) is 0 Å². The van der Waals surface area contributed by atoms with Crippen LogP contribution in [-0.4, -0.2) is 10.9 Å². The van der Waals surface area contributed by atoms with Crippen molar-refractivity contribution in [1.82, 2.24) is 10.3 Å². The Morgan fingerprint density at radius 1 is 1.26 bits per heavy atom. The lowest BCUT2D eigenvalue weighted by atomic mass is 10.0. The zero-order valence-electron chi connectivity index (χ0n) is 13.2. The van der Waals surface area contributed by atoms with E-state index in [-0.39, 0.29) is 43.2 Å². The summed E-state index contributed by atoms with van der Waals surface area (Å²) in [6.07, 6.45) is 0.284. The van der Waals surface area contributed by atoms with Crippen molar-refractivity contribution >= 4 is 42.1 Å². The van der Waals surface area contributed by atoms with Crippen LogP contribution in [0.5, 0.6) is 0 Å². The van der Waals surface area contributed by atoms with Crippen molar-refractivity contribution < 1.29 is 4.79 Å². The van der Waals surface area contributed by atoms with E-state index in [0.29, 0.717) is 12.5 Å². The summed E-state index contributed by atoms with van der Waals surface area (Å²) in [6, 6.07) is 9.40. The number of nitrogens with two attached hydrogens (primary N) is 1. The molecule has 0 aliphatic heterocycles. The highest BCUT2D eigenvalue weighted by Crippen LogP contribution is 2.18. The predicted octanol–water partition coefficient (Wildman–Crippen LogP) is 3.82. The average molecular weight is 376 g/mol. The van der Waals surface area contributed by atoms with Crippen molar-refractivity contribution in [3.8, 4) is 0 Å². The highest BCUT2D eigenvalue weighted by atomic mass is 35.5. The molecule has 2 aromatic rings. The van der Waals surface area contributed by atoms with Crippen LogP contribution in [0, 0.1) is 0 Å². The van der Waals surface area contributed by atoms with Gasteiger partial charge in [0.15, 0.2) is 0 Å². The Balaban J connectivity index is 0.00000242. The molecule has 0 spiro atoms. The topological polar surface area (TPSA) is 68.0 Å². The van der Waals surface area contributed by atoms with Gasteiger partial charge in [0.05, 0.1) is 12.2 Å². The van der Waals surface area contributed by atoms with Crippen molar-refractivity contribution in [3.05, 3.63) is 52.0 Å². The minimum absolute atomic E-state index is 0. The Labute approximate surface area is 153 Å². The number of halogens is 2. The standard InChI is InChI=1S/C16H21N3OS.2ClH/c1-11(2)14-10-21-16(19-14)9-18-15(20)8-13(17)12-6-4-3-5-7-12;;/h3-7,10-11,13H,8-9,17H2,1-2H3,(H,18,20);2*1H. The molecule has 0 saturated heterocycles. The summed E-state index contributed by atoms with van der Waals surface area (Å²) in [6.45, 7) is 4.68. The second-order valence-electron chi connectivity index (χ2n) is 5.32. The first-order valence-electron chi connectivity index (χ1n) is 7.07. The third kappa shape index (κ3) is 6.87. The second-order valence-corrected chi connectivity index (χ2v) is 6.26. The van der Waals surface area contributed by atoms with Gasteiger partial charge in [-0.15, -0.1) is 36.2 Å². The summed E-state index contributed by atoms with van der Waals surface area (Å²) >= 11 is 1.58. The van der Waals surface area contributed by atoms with E-state index in [9.17, 15) is 4.79 Å². The molecule has 3 N–H and O–H groups in total. The van der Waals surface area contributed by atoms with Crippen LogP contribution < -0.4 is 11.1 Å². The zero-order valence-corrected chi connectivity index (χ0v) is 15.6. The van der Waals surface area contributed by atoms with Crippen LogP contribution in [-0.2, 0) is 11.3 Å². The number of benzene rings is 1. The predicted molar refractivity (Wildman–Crippen MR) is 101 cm³/mol. The quantitative estimate of drug-likeness (QED) is 0.806. The first-order chi connectivity index (χ1) is 10.1. The lowest BCUT2D eigenvalue weighted by molar-refractivity contribution is -0.121. The minimum Gasteiger partial charge on any atom is -0.350 e. The van der Waals surface area contributed by atoms with Gasteiger partial charge in [0.2, 0.25) is 5.91 Å². The van der Waals surface area contributed by atoms with Crippen LogP contribution in [0.4, 0.5) is 0 Å². The van der Waals surface area contributed by atoms with Gasteiger partial charge >= 0.3 is 0 Å². The lowest BCUT2D eigenvalue weighted by Gasteiger charge is -2.11. The number of carbonyl (C=O) groups excluding carboxylic acids is 1. The van der Waals surface area contributed by atoms with E-state index in [1.807, 2.05) is 35.7 Å². The molecule has 1 aromatic heterocycles. The molecule has 0 bridgehead atoms. The summed E-state index contributed by atoms with van der Waals surface area (Å²) in [4.78, 5) is 16.4. The zero-order chi connectivity index (χ0) is 15.2. The molecule has 128 valence electrons. The van der Waals surface area contributed by atoms with Crippen molar-refractivity contribution in [1.29, 1.82) is 0 Å². The van der Waals surface area contributed by atoms with Crippen molar-refractivity contribution in [2.24, 2.45) is 5.73 Å². The van der Waals surface area contributed by atoms with Crippen LogP contribution in [0.3, 0.4) is 0 Å². The molecule has 23 heavy (non-hydrogen) atoms. The molecule has 2 rings (SSSR count). The fourth-order valence-electron chi connectivity index (χ4n) is 1.94. The molecular formula is C16H23Cl2N3OS. The van der Waals surface area contributed by atoms with E-state index in [1.54, 1.807) is 11.3 Å². The van der Waals surface area contributed by atoms with E-state index in [0.717, 1.165) is 16.3 Å². The Bertz CT molecular complexity index is 590. The van der Waals surface area contributed by atoms with E-state index in [2.05, 4.69) is 24.1 Å². The molecule has 0 fully saturated rings. The Kier molecular flexibility index (Phi) is 10.1. The summed E-state index contributed by atoms with van der Waals surface area (Å²) in [7, 11) is 0. The van der Waals surface area contributed by atoms with E-state index < -0.39 is 0 Å². The second kappa shape index (κ2) is 10.6. The summed E-state index contributed by atoms with van der Waals surface area (Å²) in [5.41, 5.74) is 8.09. The van der Waals surface area contributed by atoms with E-state index in [1.165, 1.54) is 0 Å². The van der Waals surface area contributed by atoms with Gasteiger partial charge in [0.1, 0.15) is 5.01 Å². The maximum Gasteiger partial charge on any atom is 0.222 e. The van der Waals surface area contributed by atoms with Crippen LogP contribution in [0.2, 0.25) is 0 Å². The number of amides is 1. The molecule has 0 aliphatic rings. The van der Waals surface area contributed by atoms with E-state index >= 15 is 0 Å². The fourth-order valence-corrected chi connectivity index (χ4v) is 2.83. The number of carbonyl (C=O) groups is 1. The molecular weight excluding hydrogens is 353 g/mol. The van der Waals surface area contributed by atoms with E-state index in [4.69, 9.17) is 5.73 Å². The summed E-state index contributed by atoms with van der Waals surface area (Å²) < 4.78 is 0. The summed E-state index contributed by atoms with van der Waals surface area (Å²) in [5, 5.41) is 5.86. The maximum atomic E-state index is 11.9. The van der Waals surface area contributed by atoms with Crippen LogP contribution >= 0.6 is 36.2 Å². The third-order valence-electron chi connectivity index (χ3n) is 3.23. The molecule has 0 radical (unpaired) electrons. The molecule has 1 amide bonds. The normalized spacial score (nSPS) is 11.3. The molecule has 0 saturated carbocycles. The van der Waals surface area contributed by atoms with Gasteiger partial charge in [-0.05, 0) is 11.5 Å². The van der Waals surface area contributed by atoms with Gasteiger partial charge in [-0.3, -0.25) is 4.79 Å². The Morgan fingerprint density at radius 2 is 1.91 bits per heavy atom. The molecule has 1 heterocycles. The van der Waals surface area contributed by atoms with Crippen LogP contribution in [0.15, 0.2) is 35.7 Å². The minimum atomic E-state index is -0.270. The molecule has 1 atom stereocenters. The summed E-state index contributed by atoms with van der Waals surface area (Å²) in [5.74, 6) is 0.366. The van der Waals surface area contributed by atoms with Gasteiger partial charge in [-0.2, -0.15) is 0 Å². The van der Waals surface area contributed by atoms with Gasteiger partial charge in [-0.25, -0.2) is 4.98 Å². The fraction of sp³-hybridized carbons (Fsp3) is 0.375. The molecule has 1 unspecified atom stereocenters. The molecule has 0 aliphatic carbocycles. The number of rotatable bonds is 6. The van der Waals surface area contributed by atoms with Crippen molar-refractivity contribution in [2.45, 2.75) is 38.8 Å². The average Bonchev–Trinajstić information content (AvgIpc) is 2.95.